The lowest BCUT2D eigenvalue weighted by atomic mass is 10.4. The standard InChI is InChI=1S/C11H20N2O3/c1-3-6-13(9-10(14)16-2)11(15)12-7-4-5-8-12/h3-9H2,1-2H3. The van der Waals surface area contributed by atoms with E-state index in [2.05, 4.69) is 4.74 Å². The molecule has 0 bridgehead atoms. The molecule has 1 saturated heterocycles. The summed E-state index contributed by atoms with van der Waals surface area (Å²) >= 11 is 0. The van der Waals surface area contributed by atoms with Crippen molar-refractivity contribution >= 4 is 12.0 Å². The molecule has 0 aromatic carbocycles. The molecule has 5 nitrogen and oxygen atoms in total. The third-order valence-corrected chi connectivity index (χ3v) is 2.69. The van der Waals surface area contributed by atoms with E-state index in [0.29, 0.717) is 6.54 Å². The number of hydrogen-bond acceptors (Lipinski definition) is 3. The van der Waals surface area contributed by atoms with Crippen LogP contribution in [-0.2, 0) is 9.53 Å². The van der Waals surface area contributed by atoms with Gasteiger partial charge in [0.25, 0.3) is 0 Å². The predicted octanol–water partition coefficient (Wildman–Crippen LogP) is 1.09. The lowest BCUT2D eigenvalue weighted by molar-refractivity contribution is -0.141. The molecule has 1 aliphatic rings. The highest BCUT2D eigenvalue weighted by Crippen LogP contribution is 2.11. The van der Waals surface area contributed by atoms with E-state index in [9.17, 15) is 9.59 Å². The Morgan fingerprint density at radius 3 is 2.44 bits per heavy atom. The summed E-state index contributed by atoms with van der Waals surface area (Å²) < 4.78 is 4.59. The Labute approximate surface area is 96.3 Å². The van der Waals surface area contributed by atoms with Gasteiger partial charge in [0.2, 0.25) is 0 Å². The molecule has 0 aromatic heterocycles. The summed E-state index contributed by atoms with van der Waals surface area (Å²) in [6, 6.07) is -0.0373. The third kappa shape index (κ3) is 3.40. The van der Waals surface area contributed by atoms with Crippen molar-refractivity contribution in [3.63, 3.8) is 0 Å². The van der Waals surface area contributed by atoms with Gasteiger partial charge in [0.15, 0.2) is 0 Å². The molecular weight excluding hydrogens is 208 g/mol. The molecule has 2 amide bonds. The molecule has 92 valence electrons. The van der Waals surface area contributed by atoms with Crippen molar-refractivity contribution in [2.24, 2.45) is 0 Å². The number of carbonyl (C=O) groups excluding carboxylic acids is 2. The Balaban J connectivity index is 2.53. The molecule has 1 aliphatic heterocycles. The van der Waals surface area contributed by atoms with E-state index in [1.165, 1.54) is 7.11 Å². The molecule has 5 heteroatoms. The molecular formula is C11H20N2O3. The number of hydrogen-bond donors (Lipinski definition) is 0. The molecule has 0 unspecified atom stereocenters. The van der Waals surface area contributed by atoms with Gasteiger partial charge in [0.1, 0.15) is 6.54 Å². The van der Waals surface area contributed by atoms with Crippen LogP contribution in [0.15, 0.2) is 0 Å². The monoisotopic (exact) mass is 228 g/mol. The lowest BCUT2D eigenvalue weighted by Crippen LogP contribution is -2.44. The fraction of sp³-hybridized carbons (Fsp3) is 0.818. The minimum Gasteiger partial charge on any atom is -0.468 e. The Kier molecular flexibility index (Phi) is 5.08. The van der Waals surface area contributed by atoms with Gasteiger partial charge in [-0.25, -0.2) is 4.79 Å². The van der Waals surface area contributed by atoms with Gasteiger partial charge in [-0.3, -0.25) is 4.79 Å². The summed E-state index contributed by atoms with van der Waals surface area (Å²) in [6.45, 7) is 4.26. The van der Waals surface area contributed by atoms with E-state index in [-0.39, 0.29) is 18.5 Å². The van der Waals surface area contributed by atoms with Crippen LogP contribution in [-0.4, -0.2) is 55.1 Å². The Morgan fingerprint density at radius 2 is 1.94 bits per heavy atom. The molecule has 0 saturated carbocycles. The minimum atomic E-state index is -0.360. The molecule has 0 N–H and O–H groups in total. The number of rotatable bonds is 4. The predicted molar refractivity (Wildman–Crippen MR) is 60.1 cm³/mol. The smallest absolute Gasteiger partial charge is 0.325 e. The van der Waals surface area contributed by atoms with Crippen molar-refractivity contribution in [2.45, 2.75) is 26.2 Å². The normalized spacial score (nSPS) is 15.0. The van der Waals surface area contributed by atoms with Gasteiger partial charge < -0.3 is 14.5 Å². The number of amides is 2. The van der Waals surface area contributed by atoms with Crippen LogP contribution in [0.5, 0.6) is 0 Å². The summed E-state index contributed by atoms with van der Waals surface area (Å²) in [5.41, 5.74) is 0. The van der Waals surface area contributed by atoms with E-state index in [1.54, 1.807) is 9.80 Å². The van der Waals surface area contributed by atoms with Crippen molar-refractivity contribution in [2.75, 3.05) is 33.3 Å². The minimum absolute atomic E-state index is 0.0373. The number of carbonyl (C=O) groups is 2. The zero-order valence-corrected chi connectivity index (χ0v) is 10.1. The first-order valence-electron chi connectivity index (χ1n) is 5.79. The molecule has 0 aliphatic carbocycles. The first-order valence-corrected chi connectivity index (χ1v) is 5.79. The third-order valence-electron chi connectivity index (χ3n) is 2.69. The Bertz CT molecular complexity index is 250. The topological polar surface area (TPSA) is 49.9 Å². The van der Waals surface area contributed by atoms with E-state index in [0.717, 1.165) is 32.4 Å². The van der Waals surface area contributed by atoms with Gasteiger partial charge in [0, 0.05) is 19.6 Å². The second kappa shape index (κ2) is 6.35. The van der Waals surface area contributed by atoms with Crippen molar-refractivity contribution < 1.29 is 14.3 Å². The molecule has 0 aromatic rings. The zero-order chi connectivity index (χ0) is 12.0. The number of urea groups is 1. The zero-order valence-electron chi connectivity index (χ0n) is 10.1. The first-order chi connectivity index (χ1) is 7.69. The van der Waals surface area contributed by atoms with Crippen LogP contribution in [0.3, 0.4) is 0 Å². The maximum absolute atomic E-state index is 12.0. The van der Waals surface area contributed by atoms with Crippen molar-refractivity contribution in [1.82, 2.24) is 9.80 Å². The summed E-state index contributed by atoms with van der Waals surface area (Å²) in [7, 11) is 1.34. The van der Waals surface area contributed by atoms with Crippen LogP contribution in [0.2, 0.25) is 0 Å². The molecule has 1 heterocycles. The quantitative estimate of drug-likeness (QED) is 0.677. The summed E-state index contributed by atoms with van der Waals surface area (Å²) in [4.78, 5) is 26.6. The Morgan fingerprint density at radius 1 is 1.31 bits per heavy atom. The number of esters is 1. The van der Waals surface area contributed by atoms with E-state index in [1.807, 2.05) is 6.92 Å². The van der Waals surface area contributed by atoms with Gasteiger partial charge in [-0.05, 0) is 19.3 Å². The van der Waals surface area contributed by atoms with Crippen LogP contribution in [0.25, 0.3) is 0 Å². The highest BCUT2D eigenvalue weighted by molar-refractivity contribution is 5.81. The molecule has 1 fully saturated rings. The molecule has 0 atom stereocenters. The van der Waals surface area contributed by atoms with Gasteiger partial charge in [0.05, 0.1) is 7.11 Å². The summed E-state index contributed by atoms with van der Waals surface area (Å²) in [5.74, 6) is -0.360. The van der Waals surface area contributed by atoms with Gasteiger partial charge >= 0.3 is 12.0 Å². The SMILES string of the molecule is CCCN(CC(=O)OC)C(=O)N1CCCC1. The van der Waals surface area contributed by atoms with Gasteiger partial charge in [-0.1, -0.05) is 6.92 Å². The number of nitrogens with zero attached hydrogens (tertiary/aromatic N) is 2. The number of likely N-dealkylation sites (tertiary alicyclic amines) is 1. The second-order valence-electron chi connectivity index (χ2n) is 3.97. The van der Waals surface area contributed by atoms with Crippen LogP contribution in [0.4, 0.5) is 4.79 Å². The highest BCUT2D eigenvalue weighted by atomic mass is 16.5. The fourth-order valence-corrected chi connectivity index (χ4v) is 1.84. The fourth-order valence-electron chi connectivity index (χ4n) is 1.84. The molecule has 0 spiro atoms. The number of ether oxygens (including phenoxy) is 1. The Hall–Kier alpha value is -1.26. The van der Waals surface area contributed by atoms with E-state index in [4.69, 9.17) is 0 Å². The molecule has 1 rings (SSSR count). The molecule has 0 radical (unpaired) electrons. The summed E-state index contributed by atoms with van der Waals surface area (Å²) in [5, 5.41) is 0. The summed E-state index contributed by atoms with van der Waals surface area (Å²) in [6.07, 6.45) is 2.96. The van der Waals surface area contributed by atoms with Gasteiger partial charge in [-0.15, -0.1) is 0 Å². The van der Waals surface area contributed by atoms with Gasteiger partial charge in [-0.2, -0.15) is 0 Å². The number of methoxy groups -OCH3 is 1. The maximum Gasteiger partial charge on any atom is 0.325 e. The average Bonchev–Trinajstić information content (AvgIpc) is 2.80. The van der Waals surface area contributed by atoms with E-state index < -0.39 is 0 Å². The second-order valence-corrected chi connectivity index (χ2v) is 3.97. The first kappa shape index (κ1) is 12.8. The van der Waals surface area contributed by atoms with Crippen molar-refractivity contribution in [3.05, 3.63) is 0 Å². The molecule has 16 heavy (non-hydrogen) atoms. The average molecular weight is 228 g/mol. The van der Waals surface area contributed by atoms with Crippen molar-refractivity contribution in [1.29, 1.82) is 0 Å². The van der Waals surface area contributed by atoms with Crippen LogP contribution >= 0.6 is 0 Å². The van der Waals surface area contributed by atoms with Crippen LogP contribution in [0.1, 0.15) is 26.2 Å². The van der Waals surface area contributed by atoms with E-state index >= 15 is 0 Å². The largest absolute Gasteiger partial charge is 0.468 e. The van der Waals surface area contributed by atoms with Crippen LogP contribution in [0, 0.1) is 0 Å². The lowest BCUT2D eigenvalue weighted by Gasteiger charge is -2.26. The maximum atomic E-state index is 12.0. The van der Waals surface area contributed by atoms with Crippen molar-refractivity contribution in [3.8, 4) is 0 Å². The van der Waals surface area contributed by atoms with Crippen LogP contribution < -0.4 is 0 Å². The highest BCUT2D eigenvalue weighted by Gasteiger charge is 2.24.